The number of phenolic OH excluding ortho intramolecular Hbond substituents is 1. The van der Waals surface area contributed by atoms with Crippen molar-refractivity contribution in [3.63, 3.8) is 0 Å². The molecule has 4 N–H and O–H groups in total. The van der Waals surface area contributed by atoms with Crippen molar-refractivity contribution in [2.45, 2.75) is 45.0 Å². The van der Waals surface area contributed by atoms with E-state index in [2.05, 4.69) is 10.3 Å². The topological polar surface area (TPSA) is 155 Å². The molecule has 1 aliphatic rings. The SMILES string of the molecule is C[C@@H]1/C=C\C(=O)[C@@H](O)[C@@H](O)C/C=C/c2cc(OCCCNC(=O)c3cccnc3)cc(O)c2C(=O)O[C@H]1C. The summed E-state index contributed by atoms with van der Waals surface area (Å²) >= 11 is 0. The highest BCUT2D eigenvalue weighted by Crippen LogP contribution is 2.31. The van der Waals surface area contributed by atoms with Crippen molar-refractivity contribution >= 4 is 23.7 Å². The van der Waals surface area contributed by atoms with Crippen molar-refractivity contribution in [2.75, 3.05) is 13.2 Å². The number of carbonyl (C=O) groups excluding carboxylic acids is 3. The minimum absolute atomic E-state index is 0.0797. The zero-order valence-corrected chi connectivity index (χ0v) is 21.2. The Labute approximate surface area is 220 Å². The normalized spacial score (nSPS) is 23.9. The number of aromatic nitrogens is 1. The van der Waals surface area contributed by atoms with E-state index in [0.29, 0.717) is 18.5 Å². The third-order valence-electron chi connectivity index (χ3n) is 6.05. The fraction of sp³-hybridized carbons (Fsp3) is 0.357. The molecule has 1 aliphatic heterocycles. The van der Waals surface area contributed by atoms with Crippen LogP contribution in [0.2, 0.25) is 0 Å². The smallest absolute Gasteiger partial charge is 0.342 e. The largest absolute Gasteiger partial charge is 0.507 e. The van der Waals surface area contributed by atoms with Crippen LogP contribution in [0.3, 0.4) is 0 Å². The van der Waals surface area contributed by atoms with Gasteiger partial charge in [0.2, 0.25) is 0 Å². The molecule has 1 amide bonds. The number of aliphatic hydroxyl groups is 2. The molecule has 3 rings (SSSR count). The lowest BCUT2D eigenvalue weighted by Crippen LogP contribution is -2.32. The van der Waals surface area contributed by atoms with Gasteiger partial charge < -0.3 is 30.1 Å². The molecule has 0 spiro atoms. The maximum atomic E-state index is 12.9. The van der Waals surface area contributed by atoms with Crippen LogP contribution in [0.15, 0.2) is 54.9 Å². The molecule has 0 saturated heterocycles. The van der Waals surface area contributed by atoms with Gasteiger partial charge in [0.05, 0.1) is 18.3 Å². The molecule has 10 nitrogen and oxygen atoms in total. The molecule has 4 atom stereocenters. The molecule has 0 fully saturated rings. The Morgan fingerprint density at radius 3 is 2.74 bits per heavy atom. The number of hydrogen-bond donors (Lipinski definition) is 4. The predicted molar refractivity (Wildman–Crippen MR) is 139 cm³/mol. The number of ketones is 1. The Morgan fingerprint density at radius 1 is 1.21 bits per heavy atom. The minimum Gasteiger partial charge on any atom is -0.507 e. The lowest BCUT2D eigenvalue weighted by molar-refractivity contribution is -0.127. The highest BCUT2D eigenvalue weighted by atomic mass is 16.5. The molecule has 1 aromatic heterocycles. The van der Waals surface area contributed by atoms with Crippen molar-refractivity contribution in [2.24, 2.45) is 5.92 Å². The number of esters is 1. The van der Waals surface area contributed by atoms with Gasteiger partial charge in [0.25, 0.3) is 5.91 Å². The first-order valence-corrected chi connectivity index (χ1v) is 12.3. The van der Waals surface area contributed by atoms with Crippen LogP contribution in [0.1, 0.15) is 53.0 Å². The molecule has 0 bridgehead atoms. The van der Waals surface area contributed by atoms with E-state index in [0.717, 1.165) is 6.08 Å². The van der Waals surface area contributed by atoms with Gasteiger partial charge in [-0.3, -0.25) is 14.6 Å². The molecule has 0 radical (unpaired) electrons. The average Bonchev–Trinajstić information content (AvgIpc) is 2.90. The Hall–Kier alpha value is -4.02. The standard InChI is InChI=1S/C28H32N2O8/c1-17-9-10-23(32)26(34)22(31)8-3-6-19-14-21(15-24(33)25(19)28(36)38-18(17)2)37-13-5-12-30-27(35)20-7-4-11-29-16-20/h3-4,6-7,9-11,14-18,22,26,31,33-34H,5,8,12-13H2,1-2H3,(H,30,35)/b6-3+,10-9-/t17-,18+,22+,26+/m1/s1. The van der Waals surface area contributed by atoms with Crippen LogP contribution in [-0.2, 0) is 9.53 Å². The van der Waals surface area contributed by atoms with Gasteiger partial charge in [-0.15, -0.1) is 0 Å². The average molecular weight is 525 g/mol. The number of aromatic hydroxyl groups is 1. The van der Waals surface area contributed by atoms with Crippen molar-refractivity contribution in [3.05, 3.63) is 71.6 Å². The zero-order chi connectivity index (χ0) is 27.7. The van der Waals surface area contributed by atoms with Gasteiger partial charge in [0.15, 0.2) is 5.78 Å². The number of cyclic esters (lactones) is 1. The summed E-state index contributed by atoms with van der Waals surface area (Å²) in [7, 11) is 0. The molecule has 0 aliphatic carbocycles. The Morgan fingerprint density at radius 2 is 2.00 bits per heavy atom. The van der Waals surface area contributed by atoms with Crippen LogP contribution in [0, 0.1) is 5.92 Å². The molecule has 10 heteroatoms. The number of phenols is 1. The molecule has 2 heterocycles. The van der Waals surface area contributed by atoms with Crippen LogP contribution in [-0.4, -0.2) is 69.4 Å². The summed E-state index contributed by atoms with van der Waals surface area (Å²) in [5.41, 5.74) is 0.642. The quantitative estimate of drug-likeness (QED) is 0.329. The second kappa shape index (κ2) is 13.5. The second-order valence-electron chi connectivity index (χ2n) is 8.99. The summed E-state index contributed by atoms with van der Waals surface area (Å²) in [6.07, 6.45) is 5.45. The van der Waals surface area contributed by atoms with E-state index in [1.807, 2.05) is 0 Å². The molecule has 1 aromatic carbocycles. The number of hydrogen-bond acceptors (Lipinski definition) is 9. The monoisotopic (exact) mass is 524 g/mol. The van der Waals surface area contributed by atoms with Crippen LogP contribution >= 0.6 is 0 Å². The third-order valence-corrected chi connectivity index (χ3v) is 6.05. The molecule has 38 heavy (non-hydrogen) atoms. The first-order valence-electron chi connectivity index (χ1n) is 12.3. The number of ether oxygens (including phenoxy) is 2. The zero-order valence-electron chi connectivity index (χ0n) is 21.2. The van der Waals surface area contributed by atoms with Crippen molar-refractivity contribution in [1.29, 1.82) is 0 Å². The summed E-state index contributed by atoms with van der Waals surface area (Å²) in [4.78, 5) is 41.1. The number of aliphatic hydroxyl groups excluding tert-OH is 2. The number of nitrogens with one attached hydrogen (secondary N) is 1. The van der Waals surface area contributed by atoms with E-state index >= 15 is 0 Å². The lowest BCUT2D eigenvalue weighted by Gasteiger charge is -2.20. The number of rotatable bonds is 6. The first kappa shape index (κ1) is 28.5. The fourth-order valence-electron chi connectivity index (χ4n) is 3.61. The maximum Gasteiger partial charge on any atom is 0.342 e. The summed E-state index contributed by atoms with van der Waals surface area (Å²) in [6, 6.07) is 6.17. The van der Waals surface area contributed by atoms with Crippen LogP contribution in [0.5, 0.6) is 11.5 Å². The van der Waals surface area contributed by atoms with Gasteiger partial charge in [-0.1, -0.05) is 25.2 Å². The van der Waals surface area contributed by atoms with Gasteiger partial charge in [0.1, 0.15) is 29.3 Å². The van der Waals surface area contributed by atoms with Crippen LogP contribution in [0.25, 0.3) is 6.08 Å². The Bertz CT molecular complexity index is 1190. The Balaban J connectivity index is 1.73. The van der Waals surface area contributed by atoms with Gasteiger partial charge in [-0.25, -0.2) is 4.79 Å². The molecular formula is C28H32N2O8. The first-order chi connectivity index (χ1) is 18.2. The van der Waals surface area contributed by atoms with E-state index in [1.54, 1.807) is 32.2 Å². The van der Waals surface area contributed by atoms with Crippen molar-refractivity contribution in [3.8, 4) is 11.5 Å². The number of pyridine rings is 1. The third kappa shape index (κ3) is 7.74. The van der Waals surface area contributed by atoms with E-state index in [-0.39, 0.29) is 47.5 Å². The predicted octanol–water partition coefficient (Wildman–Crippen LogP) is 2.43. The van der Waals surface area contributed by atoms with E-state index in [1.165, 1.54) is 36.6 Å². The molecule has 0 unspecified atom stereocenters. The molecule has 202 valence electrons. The van der Waals surface area contributed by atoms with E-state index in [9.17, 15) is 29.7 Å². The number of carbonyl (C=O) groups is 3. The van der Waals surface area contributed by atoms with Gasteiger partial charge >= 0.3 is 5.97 Å². The molecule has 0 saturated carbocycles. The van der Waals surface area contributed by atoms with Gasteiger partial charge in [0, 0.05) is 30.9 Å². The Kier molecular flexibility index (Phi) is 10.1. The van der Waals surface area contributed by atoms with Crippen molar-refractivity contribution in [1.82, 2.24) is 10.3 Å². The van der Waals surface area contributed by atoms with Gasteiger partial charge in [-0.05, 0) is 49.6 Å². The highest BCUT2D eigenvalue weighted by molar-refractivity contribution is 5.97. The van der Waals surface area contributed by atoms with Crippen molar-refractivity contribution < 1.29 is 39.2 Å². The van der Waals surface area contributed by atoms with Crippen LogP contribution in [0.4, 0.5) is 0 Å². The lowest BCUT2D eigenvalue weighted by atomic mass is 9.99. The molecular weight excluding hydrogens is 492 g/mol. The number of fused-ring (bicyclic) bond motifs is 1. The van der Waals surface area contributed by atoms with E-state index in [4.69, 9.17) is 9.47 Å². The summed E-state index contributed by atoms with van der Waals surface area (Å²) < 4.78 is 11.2. The number of amides is 1. The molecule has 2 aromatic rings. The minimum atomic E-state index is -1.61. The fourth-order valence-corrected chi connectivity index (χ4v) is 3.61. The van der Waals surface area contributed by atoms with E-state index < -0.39 is 30.1 Å². The summed E-state index contributed by atoms with van der Waals surface area (Å²) in [5.74, 6) is -2.12. The highest BCUT2D eigenvalue weighted by Gasteiger charge is 2.25. The van der Waals surface area contributed by atoms with Crippen LogP contribution < -0.4 is 10.1 Å². The second-order valence-corrected chi connectivity index (χ2v) is 8.99. The number of benzene rings is 1. The van der Waals surface area contributed by atoms with Gasteiger partial charge in [-0.2, -0.15) is 0 Å². The number of nitrogens with zero attached hydrogens (tertiary/aromatic N) is 1. The summed E-state index contributed by atoms with van der Waals surface area (Å²) in [6.45, 7) is 3.94. The summed E-state index contributed by atoms with van der Waals surface area (Å²) in [5, 5.41) is 33.8. The maximum absolute atomic E-state index is 12.9.